The van der Waals surface area contributed by atoms with E-state index in [2.05, 4.69) is 11.5 Å². The third-order valence-electron chi connectivity index (χ3n) is 1.19. The second-order valence-corrected chi connectivity index (χ2v) is 4.04. The quantitative estimate of drug-likeness (QED) is 0.390. The van der Waals surface area contributed by atoms with Gasteiger partial charge in [-0.15, -0.1) is 0 Å². The van der Waals surface area contributed by atoms with Crippen molar-refractivity contribution < 1.29 is 5.11 Å². The highest BCUT2D eigenvalue weighted by atomic mass is 35.5. The van der Waals surface area contributed by atoms with Gasteiger partial charge in [-0.05, 0) is 0 Å². The number of phenolic OH excluding ortho intramolecular Hbond substituents is 1. The van der Waals surface area contributed by atoms with Gasteiger partial charge in [0.2, 0.25) is 0 Å². The highest BCUT2D eigenvalue weighted by Gasteiger charge is 2.17. The van der Waals surface area contributed by atoms with Crippen LogP contribution in [0.4, 0.5) is 0 Å². The number of hydrogen-bond donors (Lipinski definition) is 3. The van der Waals surface area contributed by atoms with Gasteiger partial charge in [-0.3, -0.25) is 0 Å². The normalized spacial score (nSPS) is 9.53. The Morgan fingerprint density at radius 1 is 0.733 bits per heavy atom. The Kier molecular flexibility index (Phi) is 7.04. The zero-order chi connectivity index (χ0) is 12.2. The molecule has 0 aliphatic heterocycles. The summed E-state index contributed by atoms with van der Waals surface area (Å²) >= 11 is 27.9. The largest absolute Gasteiger partial charge is 0.505 e. The zero-order valence-corrected chi connectivity index (χ0v) is 11.0. The lowest BCUT2D eigenvalue weighted by molar-refractivity contribution is 0.476. The van der Waals surface area contributed by atoms with Crippen molar-refractivity contribution in [3.8, 4) is 5.75 Å². The molecule has 0 atom stereocenters. The minimum Gasteiger partial charge on any atom is -0.505 e. The van der Waals surface area contributed by atoms with Crippen LogP contribution in [-0.2, 0) is 0 Å². The van der Waals surface area contributed by atoms with Crippen LogP contribution in [0.1, 0.15) is 0 Å². The topological polar surface area (TPSA) is 72.3 Å². The SMILES string of the molecule is NCN.Oc1c(Cl)c(Cl)c(Cl)c(Cl)c1Cl. The number of rotatable bonds is 0. The number of benzene rings is 1. The van der Waals surface area contributed by atoms with Crippen LogP contribution >= 0.6 is 58.0 Å². The van der Waals surface area contributed by atoms with Gasteiger partial charge in [-0.2, -0.15) is 0 Å². The number of phenols is 1. The average molecular weight is 312 g/mol. The molecule has 0 saturated heterocycles. The number of nitrogens with two attached hydrogens (primary N) is 2. The summed E-state index contributed by atoms with van der Waals surface area (Å²) in [5.41, 5.74) is 9.25. The van der Waals surface area contributed by atoms with Gasteiger partial charge in [0.05, 0.1) is 15.1 Å². The molecule has 0 aliphatic carbocycles. The molecule has 8 heteroatoms. The number of halogens is 5. The van der Waals surface area contributed by atoms with E-state index in [0.29, 0.717) is 0 Å². The molecule has 0 unspecified atom stereocenters. The van der Waals surface area contributed by atoms with E-state index in [4.69, 9.17) is 58.0 Å². The second-order valence-electron chi connectivity index (χ2n) is 2.15. The Balaban J connectivity index is 0.000000583. The molecular formula is C7H7Cl5N2O. The summed E-state index contributed by atoms with van der Waals surface area (Å²) in [6.45, 7) is 0.250. The Bertz CT molecular complexity index is 253. The summed E-state index contributed by atoms with van der Waals surface area (Å²) in [7, 11) is 0. The van der Waals surface area contributed by atoms with Crippen LogP contribution in [0.15, 0.2) is 0 Å². The van der Waals surface area contributed by atoms with Gasteiger partial charge in [0.1, 0.15) is 10.0 Å². The molecule has 1 aromatic rings. The van der Waals surface area contributed by atoms with Crippen LogP contribution in [0.25, 0.3) is 0 Å². The van der Waals surface area contributed by atoms with Crippen molar-refractivity contribution >= 4 is 58.0 Å². The standard InChI is InChI=1S/C6HCl5O.CH6N2/c7-1-2(8)4(10)6(12)5(11)3(1)9;2-1-3/h12H;1-3H2. The first-order valence-corrected chi connectivity index (χ1v) is 5.37. The summed E-state index contributed by atoms with van der Waals surface area (Å²) in [6, 6.07) is 0. The summed E-state index contributed by atoms with van der Waals surface area (Å²) in [4.78, 5) is 0. The smallest absolute Gasteiger partial charge is 0.155 e. The first kappa shape index (κ1) is 15.4. The molecule has 0 aromatic heterocycles. The predicted octanol–water partition coefficient (Wildman–Crippen LogP) is 3.52. The molecule has 0 bridgehead atoms. The Labute approximate surface area is 112 Å². The molecule has 86 valence electrons. The van der Waals surface area contributed by atoms with E-state index in [1.165, 1.54) is 0 Å². The molecule has 0 fully saturated rings. The van der Waals surface area contributed by atoms with E-state index in [0.717, 1.165) is 0 Å². The molecule has 0 aliphatic rings. The van der Waals surface area contributed by atoms with Crippen molar-refractivity contribution in [1.29, 1.82) is 0 Å². The Hall–Kier alpha value is 0.390. The fourth-order valence-electron chi connectivity index (χ4n) is 0.593. The van der Waals surface area contributed by atoms with E-state index < -0.39 is 0 Å². The maximum Gasteiger partial charge on any atom is 0.155 e. The van der Waals surface area contributed by atoms with Crippen molar-refractivity contribution in [2.75, 3.05) is 6.67 Å². The van der Waals surface area contributed by atoms with Gasteiger partial charge in [-0.1, -0.05) is 58.0 Å². The molecule has 0 saturated carbocycles. The third kappa shape index (κ3) is 3.71. The monoisotopic (exact) mass is 310 g/mol. The van der Waals surface area contributed by atoms with Crippen LogP contribution in [0.2, 0.25) is 25.1 Å². The van der Waals surface area contributed by atoms with Crippen molar-refractivity contribution in [2.24, 2.45) is 11.5 Å². The lowest BCUT2D eigenvalue weighted by Gasteiger charge is -2.06. The minimum atomic E-state index is -0.363. The van der Waals surface area contributed by atoms with Crippen molar-refractivity contribution in [3.05, 3.63) is 25.1 Å². The van der Waals surface area contributed by atoms with Gasteiger partial charge >= 0.3 is 0 Å². The summed E-state index contributed by atoms with van der Waals surface area (Å²) in [5, 5.41) is 9.01. The lowest BCUT2D eigenvalue weighted by Crippen LogP contribution is -2.08. The maximum absolute atomic E-state index is 9.20. The molecule has 0 radical (unpaired) electrons. The van der Waals surface area contributed by atoms with Gasteiger partial charge in [-0.25, -0.2) is 0 Å². The fourth-order valence-corrected chi connectivity index (χ4v) is 1.72. The molecule has 5 N–H and O–H groups in total. The van der Waals surface area contributed by atoms with Crippen molar-refractivity contribution in [2.45, 2.75) is 0 Å². The lowest BCUT2D eigenvalue weighted by atomic mass is 10.3. The van der Waals surface area contributed by atoms with Crippen LogP contribution < -0.4 is 11.5 Å². The molecule has 0 heterocycles. The van der Waals surface area contributed by atoms with E-state index in [1.807, 2.05) is 0 Å². The van der Waals surface area contributed by atoms with E-state index in [9.17, 15) is 5.11 Å². The first-order valence-electron chi connectivity index (χ1n) is 3.49. The highest BCUT2D eigenvalue weighted by Crippen LogP contribution is 2.47. The van der Waals surface area contributed by atoms with Crippen molar-refractivity contribution in [1.82, 2.24) is 0 Å². The van der Waals surface area contributed by atoms with E-state index >= 15 is 0 Å². The Morgan fingerprint density at radius 3 is 1.20 bits per heavy atom. The molecular weight excluding hydrogens is 305 g/mol. The predicted molar refractivity (Wildman–Crippen MR) is 66.4 cm³/mol. The zero-order valence-electron chi connectivity index (χ0n) is 7.20. The van der Waals surface area contributed by atoms with Gasteiger partial charge in [0, 0.05) is 6.67 Å². The summed E-state index contributed by atoms with van der Waals surface area (Å²) in [6.07, 6.45) is 0. The minimum absolute atomic E-state index is 0.00904. The van der Waals surface area contributed by atoms with Gasteiger partial charge < -0.3 is 16.6 Å². The molecule has 3 nitrogen and oxygen atoms in total. The second kappa shape index (κ2) is 6.86. The van der Waals surface area contributed by atoms with Crippen LogP contribution in [-0.4, -0.2) is 11.8 Å². The fraction of sp³-hybridized carbons (Fsp3) is 0.143. The maximum atomic E-state index is 9.20. The van der Waals surface area contributed by atoms with Gasteiger partial charge in [0.15, 0.2) is 5.75 Å². The molecule has 1 rings (SSSR count). The first-order chi connectivity index (χ1) is 6.88. The third-order valence-corrected chi connectivity index (χ3v) is 3.44. The van der Waals surface area contributed by atoms with Crippen LogP contribution in [0.3, 0.4) is 0 Å². The van der Waals surface area contributed by atoms with E-state index in [1.54, 1.807) is 0 Å². The summed E-state index contributed by atoms with van der Waals surface area (Å²) < 4.78 is 0. The van der Waals surface area contributed by atoms with Crippen LogP contribution in [0, 0.1) is 0 Å². The summed E-state index contributed by atoms with van der Waals surface area (Å²) in [5.74, 6) is -0.363. The highest BCUT2D eigenvalue weighted by molar-refractivity contribution is 6.55. The molecule has 15 heavy (non-hydrogen) atoms. The van der Waals surface area contributed by atoms with Crippen LogP contribution in [0.5, 0.6) is 5.75 Å². The molecule has 0 spiro atoms. The van der Waals surface area contributed by atoms with E-state index in [-0.39, 0.29) is 37.5 Å². The van der Waals surface area contributed by atoms with Gasteiger partial charge in [0.25, 0.3) is 0 Å². The molecule has 1 aromatic carbocycles. The molecule has 0 amide bonds. The average Bonchev–Trinajstić information content (AvgIpc) is 2.22. The van der Waals surface area contributed by atoms with Crippen molar-refractivity contribution in [3.63, 3.8) is 0 Å². The number of aromatic hydroxyl groups is 1. The number of hydrogen-bond acceptors (Lipinski definition) is 3. The Morgan fingerprint density at radius 2 is 0.933 bits per heavy atom.